The van der Waals surface area contributed by atoms with Gasteiger partial charge in [-0.15, -0.1) is 0 Å². The van der Waals surface area contributed by atoms with Crippen LogP contribution >= 0.6 is 0 Å². The second-order valence-corrected chi connectivity index (χ2v) is 12.9. The van der Waals surface area contributed by atoms with Crippen LogP contribution in [0, 0.1) is 34.5 Å². The third kappa shape index (κ3) is 3.13. The van der Waals surface area contributed by atoms with Gasteiger partial charge in [0.2, 0.25) is 0 Å². The van der Waals surface area contributed by atoms with E-state index in [1.807, 2.05) is 0 Å². The van der Waals surface area contributed by atoms with Gasteiger partial charge in [0.15, 0.2) is 0 Å². The van der Waals surface area contributed by atoms with E-state index < -0.39 is 5.72 Å². The van der Waals surface area contributed by atoms with Crippen LogP contribution in [0.2, 0.25) is 0 Å². The quantitative estimate of drug-likeness (QED) is 0.680. The van der Waals surface area contributed by atoms with Gasteiger partial charge in [-0.2, -0.15) is 0 Å². The molecule has 6 rings (SSSR count). The van der Waals surface area contributed by atoms with Gasteiger partial charge >= 0.3 is 0 Å². The van der Waals surface area contributed by atoms with Gasteiger partial charge in [-0.05, 0) is 93.3 Å². The number of aliphatic hydroxyl groups is 2. The summed E-state index contributed by atoms with van der Waals surface area (Å²) in [5.41, 5.74) is -0.172. The van der Waals surface area contributed by atoms with Gasteiger partial charge < -0.3 is 14.9 Å². The topological polar surface area (TPSA) is 56.2 Å². The molecule has 6 fully saturated rings. The molecule has 0 aromatic rings. The lowest BCUT2D eigenvalue weighted by atomic mass is 9.44. The van der Waals surface area contributed by atoms with Gasteiger partial charge in [-0.3, -0.25) is 9.80 Å². The number of rotatable bonds is 2. The second kappa shape index (κ2) is 7.91. The van der Waals surface area contributed by atoms with Crippen molar-refractivity contribution in [3.63, 3.8) is 0 Å². The lowest BCUT2D eigenvalue weighted by molar-refractivity contribution is -0.211. The van der Waals surface area contributed by atoms with Crippen molar-refractivity contribution in [3.05, 3.63) is 0 Å². The molecule has 5 heteroatoms. The Balaban J connectivity index is 1.20. The van der Waals surface area contributed by atoms with Gasteiger partial charge in [0.25, 0.3) is 0 Å². The maximum atomic E-state index is 12.3. The number of hydrogen-bond donors (Lipinski definition) is 2. The fraction of sp³-hybridized carbons (Fsp3) is 1.00. The SMILES string of the molecule is C[C@]12CCC(O)CC1CC[C@@H]1[C@H]2CC[C@@]2(C)[C@H]1CCC2(O)N1CCC(N2CCOCC2)C1. The summed E-state index contributed by atoms with van der Waals surface area (Å²) in [6.45, 7) is 10.9. The van der Waals surface area contributed by atoms with Gasteiger partial charge in [0, 0.05) is 37.6 Å². The number of likely N-dealkylation sites (tertiary alicyclic amines) is 1. The lowest BCUT2D eigenvalue weighted by Crippen LogP contribution is -2.62. The summed E-state index contributed by atoms with van der Waals surface area (Å²) in [6.07, 6.45) is 11.6. The summed E-state index contributed by atoms with van der Waals surface area (Å²) in [7, 11) is 0. The molecule has 0 amide bonds. The van der Waals surface area contributed by atoms with Crippen molar-refractivity contribution in [2.45, 2.75) is 95.9 Å². The molecule has 4 aliphatic carbocycles. The van der Waals surface area contributed by atoms with Crippen molar-refractivity contribution in [1.29, 1.82) is 0 Å². The zero-order chi connectivity index (χ0) is 22.1. The standard InChI is InChI=1S/C27H46N2O3/c1-25-9-5-21(30)17-19(25)3-4-22-23(25)6-10-26(2)24(22)7-11-27(26,31)29-12-8-20(18-29)28-13-15-32-16-14-28/h19-24,30-31H,3-18H2,1-2H3/t19?,20?,21?,22-,23-,24+,25+,26+,27?/m1/s1. The summed E-state index contributed by atoms with van der Waals surface area (Å²) >= 11 is 0. The van der Waals surface area contributed by atoms with E-state index in [1.54, 1.807) is 0 Å². The van der Waals surface area contributed by atoms with E-state index in [-0.39, 0.29) is 11.5 Å². The zero-order valence-electron chi connectivity index (χ0n) is 20.5. The average molecular weight is 447 g/mol. The highest BCUT2D eigenvalue weighted by Gasteiger charge is 2.66. The predicted molar refractivity (Wildman–Crippen MR) is 125 cm³/mol. The summed E-state index contributed by atoms with van der Waals surface area (Å²) in [6, 6.07) is 0.588. The van der Waals surface area contributed by atoms with Crippen molar-refractivity contribution in [3.8, 4) is 0 Å². The van der Waals surface area contributed by atoms with E-state index in [9.17, 15) is 10.2 Å². The van der Waals surface area contributed by atoms with Crippen molar-refractivity contribution in [2.75, 3.05) is 39.4 Å². The van der Waals surface area contributed by atoms with Crippen LogP contribution in [0.25, 0.3) is 0 Å². The molecule has 32 heavy (non-hydrogen) atoms. The molecule has 182 valence electrons. The minimum absolute atomic E-state index is 0.0332. The number of nitrogens with zero attached hydrogens (tertiary/aromatic N) is 2. The van der Waals surface area contributed by atoms with E-state index in [4.69, 9.17) is 4.74 Å². The van der Waals surface area contributed by atoms with Crippen LogP contribution in [0.5, 0.6) is 0 Å². The van der Waals surface area contributed by atoms with E-state index in [1.165, 1.54) is 44.9 Å². The fourth-order valence-electron chi connectivity index (χ4n) is 10.1. The molecule has 5 nitrogen and oxygen atoms in total. The summed E-state index contributed by atoms with van der Waals surface area (Å²) in [5.74, 6) is 2.95. The van der Waals surface area contributed by atoms with Gasteiger partial charge in [-0.25, -0.2) is 0 Å². The molecule has 0 spiro atoms. The Bertz CT molecular complexity index is 713. The summed E-state index contributed by atoms with van der Waals surface area (Å²) < 4.78 is 5.58. The molecule has 2 aliphatic heterocycles. The fourth-order valence-corrected chi connectivity index (χ4v) is 10.1. The molecule has 0 radical (unpaired) electrons. The van der Waals surface area contributed by atoms with E-state index in [0.29, 0.717) is 23.3 Å². The number of fused-ring (bicyclic) bond motifs is 5. The van der Waals surface area contributed by atoms with Crippen LogP contribution in [0.4, 0.5) is 0 Å². The van der Waals surface area contributed by atoms with Crippen LogP contribution in [0.15, 0.2) is 0 Å². The van der Waals surface area contributed by atoms with Crippen molar-refractivity contribution in [2.24, 2.45) is 34.5 Å². The highest BCUT2D eigenvalue weighted by Crippen LogP contribution is 2.68. The molecule has 2 saturated heterocycles. The maximum absolute atomic E-state index is 12.3. The first-order valence-corrected chi connectivity index (χ1v) is 13.8. The summed E-state index contributed by atoms with van der Waals surface area (Å²) in [4.78, 5) is 5.12. The Labute approximate surface area is 194 Å². The smallest absolute Gasteiger partial charge is 0.124 e. The third-order valence-corrected chi connectivity index (χ3v) is 12.0. The molecule has 2 N–H and O–H groups in total. The van der Waals surface area contributed by atoms with Crippen LogP contribution in [0.3, 0.4) is 0 Å². The van der Waals surface area contributed by atoms with Crippen LogP contribution in [0.1, 0.15) is 78.1 Å². The molecular formula is C27H46N2O3. The third-order valence-electron chi connectivity index (χ3n) is 12.0. The van der Waals surface area contributed by atoms with Gasteiger partial charge in [0.1, 0.15) is 5.72 Å². The normalized spacial score (nSPS) is 54.8. The van der Waals surface area contributed by atoms with Gasteiger partial charge in [-0.1, -0.05) is 13.8 Å². The zero-order valence-corrected chi connectivity index (χ0v) is 20.5. The summed E-state index contributed by atoms with van der Waals surface area (Å²) in [5, 5.41) is 22.6. The highest BCUT2D eigenvalue weighted by molar-refractivity contribution is 5.14. The Morgan fingerprint density at radius 1 is 0.844 bits per heavy atom. The average Bonchev–Trinajstić information content (AvgIpc) is 3.39. The Hall–Kier alpha value is -0.200. The first kappa shape index (κ1) is 22.3. The molecule has 4 saturated carbocycles. The lowest BCUT2D eigenvalue weighted by Gasteiger charge is -2.62. The van der Waals surface area contributed by atoms with E-state index in [0.717, 1.165) is 70.5 Å². The predicted octanol–water partition coefficient (Wildman–Crippen LogP) is 3.49. The van der Waals surface area contributed by atoms with Crippen molar-refractivity contribution < 1.29 is 14.9 Å². The van der Waals surface area contributed by atoms with Crippen molar-refractivity contribution in [1.82, 2.24) is 9.80 Å². The molecule has 2 heterocycles. The largest absolute Gasteiger partial charge is 0.393 e. The molecular weight excluding hydrogens is 400 g/mol. The minimum Gasteiger partial charge on any atom is -0.393 e. The van der Waals surface area contributed by atoms with Crippen molar-refractivity contribution >= 4 is 0 Å². The Morgan fingerprint density at radius 2 is 1.62 bits per heavy atom. The molecule has 0 aromatic carbocycles. The number of hydrogen-bond acceptors (Lipinski definition) is 5. The maximum Gasteiger partial charge on any atom is 0.124 e. The molecule has 6 aliphatic rings. The second-order valence-electron chi connectivity index (χ2n) is 12.9. The first-order chi connectivity index (χ1) is 15.3. The van der Waals surface area contributed by atoms with Crippen LogP contribution < -0.4 is 0 Å². The number of morpholine rings is 1. The minimum atomic E-state index is -0.621. The first-order valence-electron chi connectivity index (χ1n) is 13.8. The van der Waals surface area contributed by atoms with E-state index in [2.05, 4.69) is 23.6 Å². The van der Waals surface area contributed by atoms with Crippen LogP contribution in [-0.4, -0.2) is 77.3 Å². The van der Waals surface area contributed by atoms with Crippen LogP contribution in [-0.2, 0) is 4.74 Å². The number of aliphatic hydroxyl groups excluding tert-OH is 1. The van der Waals surface area contributed by atoms with Gasteiger partial charge in [0.05, 0.1) is 19.3 Å². The highest BCUT2D eigenvalue weighted by atomic mass is 16.5. The molecule has 4 unspecified atom stereocenters. The number of ether oxygens (including phenoxy) is 1. The monoisotopic (exact) mass is 446 g/mol. The Kier molecular flexibility index (Phi) is 5.51. The molecule has 0 bridgehead atoms. The molecule has 9 atom stereocenters. The van der Waals surface area contributed by atoms with E-state index >= 15 is 0 Å². The Morgan fingerprint density at radius 3 is 2.44 bits per heavy atom. The molecule has 0 aromatic heterocycles.